The molecule has 1 aromatic heterocycles. The van der Waals surface area contributed by atoms with Crippen LogP contribution in [0.2, 0.25) is 0 Å². The fourth-order valence-electron chi connectivity index (χ4n) is 6.91. The number of urea groups is 1. The maximum Gasteiger partial charge on any atom is 0.387 e. The SMILES string of the molecule is O=C(N1CC2CC(Oc3ccc(OC(F)F)cc3F)CC2C1)N1CC2(CC(n3cnc(C4CC4)n3)C2)C1. The Labute approximate surface area is 212 Å². The molecule has 0 radical (unpaired) electrons. The molecular weight excluding hydrogens is 487 g/mol. The quantitative estimate of drug-likeness (QED) is 0.567. The van der Waals surface area contributed by atoms with E-state index < -0.39 is 12.4 Å². The number of aromatic nitrogens is 3. The van der Waals surface area contributed by atoms with Crippen molar-refractivity contribution in [1.82, 2.24) is 24.6 Å². The van der Waals surface area contributed by atoms with Crippen LogP contribution in [0.3, 0.4) is 0 Å². The Morgan fingerprint density at radius 2 is 1.81 bits per heavy atom. The fraction of sp³-hybridized carbons (Fsp3) is 0.654. The molecule has 11 heteroatoms. The van der Waals surface area contributed by atoms with Gasteiger partial charge in [0.25, 0.3) is 0 Å². The Morgan fingerprint density at radius 3 is 2.46 bits per heavy atom. The van der Waals surface area contributed by atoms with Crippen molar-refractivity contribution in [2.45, 2.75) is 63.2 Å². The summed E-state index contributed by atoms with van der Waals surface area (Å²) in [7, 11) is 0. The topological polar surface area (TPSA) is 72.7 Å². The third-order valence-electron chi connectivity index (χ3n) is 8.90. The van der Waals surface area contributed by atoms with Crippen LogP contribution < -0.4 is 9.47 Å². The van der Waals surface area contributed by atoms with Crippen molar-refractivity contribution in [2.24, 2.45) is 17.3 Å². The number of hydrogen-bond acceptors (Lipinski definition) is 5. The second-order valence-corrected chi connectivity index (χ2v) is 11.7. The summed E-state index contributed by atoms with van der Waals surface area (Å²) in [5.74, 6) is 1.30. The van der Waals surface area contributed by atoms with Gasteiger partial charge >= 0.3 is 12.6 Å². The van der Waals surface area contributed by atoms with Gasteiger partial charge in [-0.3, -0.25) is 0 Å². The molecule has 8 nitrogen and oxygen atoms in total. The van der Waals surface area contributed by atoms with Crippen molar-refractivity contribution in [3.05, 3.63) is 36.2 Å². The number of fused-ring (bicyclic) bond motifs is 1. The van der Waals surface area contributed by atoms with Crippen LogP contribution in [0.25, 0.3) is 0 Å². The molecule has 3 saturated carbocycles. The number of likely N-dealkylation sites (tertiary alicyclic amines) is 2. The van der Waals surface area contributed by atoms with Crippen molar-refractivity contribution in [2.75, 3.05) is 26.2 Å². The summed E-state index contributed by atoms with van der Waals surface area (Å²) < 4.78 is 51.0. The van der Waals surface area contributed by atoms with E-state index in [1.807, 2.05) is 20.8 Å². The van der Waals surface area contributed by atoms with Gasteiger partial charge in [0.1, 0.15) is 12.1 Å². The van der Waals surface area contributed by atoms with Gasteiger partial charge in [0.15, 0.2) is 17.4 Å². The molecule has 2 aromatic rings. The minimum atomic E-state index is -3.00. The standard InChI is InChI=1S/C26H30F3N5O3/c27-21-7-19(37-24(28)29)3-4-22(21)36-20-5-16-10-32(11-17(16)6-20)25(35)33-12-26(13-33)8-18(9-26)34-14-30-23(31-34)15-1-2-15/h3-4,7,14-18,20,24H,1-2,5-6,8-13H2. The molecule has 1 spiro atoms. The van der Waals surface area contributed by atoms with Crippen LogP contribution >= 0.6 is 0 Å². The van der Waals surface area contributed by atoms with E-state index in [1.165, 1.54) is 25.0 Å². The van der Waals surface area contributed by atoms with Crippen molar-refractivity contribution >= 4 is 6.03 Å². The zero-order chi connectivity index (χ0) is 25.3. The Bertz CT molecular complexity index is 1180. The van der Waals surface area contributed by atoms with Gasteiger partial charge in [-0.1, -0.05) is 0 Å². The smallest absolute Gasteiger partial charge is 0.387 e. The van der Waals surface area contributed by atoms with Gasteiger partial charge in [-0.2, -0.15) is 13.9 Å². The second-order valence-electron chi connectivity index (χ2n) is 11.7. The summed E-state index contributed by atoms with van der Waals surface area (Å²) in [5.41, 5.74) is 0.237. The van der Waals surface area contributed by atoms with Crippen molar-refractivity contribution in [3.63, 3.8) is 0 Å². The van der Waals surface area contributed by atoms with Crippen LogP contribution in [-0.4, -0.2) is 69.5 Å². The van der Waals surface area contributed by atoms with E-state index in [-0.39, 0.29) is 29.0 Å². The zero-order valence-electron chi connectivity index (χ0n) is 20.4. The number of halogens is 3. The fourth-order valence-corrected chi connectivity index (χ4v) is 6.91. The van der Waals surface area contributed by atoms with E-state index in [9.17, 15) is 18.0 Å². The Morgan fingerprint density at radius 1 is 1.08 bits per heavy atom. The van der Waals surface area contributed by atoms with E-state index >= 15 is 0 Å². The van der Waals surface area contributed by atoms with Crippen LogP contribution in [-0.2, 0) is 0 Å². The van der Waals surface area contributed by atoms with Gasteiger partial charge in [-0.15, -0.1) is 0 Å². The Hall–Kier alpha value is -2.98. The number of carbonyl (C=O) groups is 1. The first-order valence-corrected chi connectivity index (χ1v) is 13.2. The third kappa shape index (κ3) is 4.29. The third-order valence-corrected chi connectivity index (χ3v) is 8.90. The summed E-state index contributed by atoms with van der Waals surface area (Å²) in [6.07, 6.45) is 7.73. The highest BCUT2D eigenvalue weighted by molar-refractivity contribution is 5.76. The minimum Gasteiger partial charge on any atom is -0.487 e. The molecule has 3 heterocycles. The molecule has 0 bridgehead atoms. The number of carbonyl (C=O) groups excluding carboxylic acids is 1. The van der Waals surface area contributed by atoms with Crippen molar-refractivity contribution in [1.29, 1.82) is 0 Å². The molecule has 198 valence electrons. The molecular formula is C26H30F3N5O3. The van der Waals surface area contributed by atoms with E-state index in [0.29, 0.717) is 36.9 Å². The number of ether oxygens (including phenoxy) is 2. The number of nitrogens with zero attached hydrogens (tertiary/aromatic N) is 5. The first-order valence-electron chi connectivity index (χ1n) is 13.2. The Balaban J connectivity index is 0.869. The van der Waals surface area contributed by atoms with E-state index in [0.717, 1.165) is 50.7 Å². The molecule has 5 fully saturated rings. The largest absolute Gasteiger partial charge is 0.487 e. The molecule has 2 atom stereocenters. The normalized spacial score (nSPS) is 28.4. The van der Waals surface area contributed by atoms with Crippen LogP contribution in [0.15, 0.2) is 24.5 Å². The Kier molecular flexibility index (Phi) is 5.34. The number of benzene rings is 1. The molecule has 37 heavy (non-hydrogen) atoms. The molecule has 3 aliphatic carbocycles. The summed E-state index contributed by atoms with van der Waals surface area (Å²) in [6, 6.07) is 4.05. The predicted octanol–water partition coefficient (Wildman–Crippen LogP) is 4.44. The lowest BCUT2D eigenvalue weighted by atomic mass is 9.61. The van der Waals surface area contributed by atoms with Gasteiger partial charge < -0.3 is 19.3 Å². The van der Waals surface area contributed by atoms with Crippen LogP contribution in [0.1, 0.15) is 56.3 Å². The van der Waals surface area contributed by atoms with E-state index in [4.69, 9.17) is 4.74 Å². The van der Waals surface area contributed by atoms with E-state index in [2.05, 4.69) is 14.8 Å². The average molecular weight is 518 g/mol. The highest BCUT2D eigenvalue weighted by Crippen LogP contribution is 2.54. The maximum atomic E-state index is 14.3. The lowest BCUT2D eigenvalue weighted by molar-refractivity contribution is -0.0735. The maximum absolute atomic E-state index is 14.3. The number of hydrogen-bond donors (Lipinski definition) is 0. The molecule has 2 saturated heterocycles. The number of rotatable bonds is 6. The molecule has 7 rings (SSSR count). The second kappa shape index (κ2) is 8.52. The van der Waals surface area contributed by atoms with Gasteiger partial charge in [0.2, 0.25) is 0 Å². The predicted molar refractivity (Wildman–Crippen MR) is 125 cm³/mol. The highest BCUT2D eigenvalue weighted by atomic mass is 19.3. The van der Waals surface area contributed by atoms with Gasteiger partial charge in [-0.25, -0.2) is 18.9 Å². The lowest BCUT2D eigenvalue weighted by Crippen LogP contribution is -2.65. The van der Waals surface area contributed by atoms with Gasteiger partial charge in [0.05, 0.1) is 12.1 Å². The van der Waals surface area contributed by atoms with Gasteiger partial charge in [0, 0.05) is 43.6 Å². The van der Waals surface area contributed by atoms with Gasteiger partial charge in [-0.05, 0) is 62.5 Å². The first kappa shape index (κ1) is 23.2. The zero-order valence-corrected chi connectivity index (χ0v) is 20.4. The highest BCUT2D eigenvalue weighted by Gasteiger charge is 2.56. The summed E-state index contributed by atoms with van der Waals surface area (Å²) in [4.78, 5) is 21.5. The number of amides is 2. The van der Waals surface area contributed by atoms with Crippen molar-refractivity contribution < 1.29 is 27.4 Å². The van der Waals surface area contributed by atoms with Crippen LogP contribution in [0, 0.1) is 23.1 Å². The van der Waals surface area contributed by atoms with Crippen LogP contribution in [0.4, 0.5) is 18.0 Å². The van der Waals surface area contributed by atoms with Crippen molar-refractivity contribution in [3.8, 4) is 11.5 Å². The van der Waals surface area contributed by atoms with Crippen LogP contribution in [0.5, 0.6) is 11.5 Å². The number of alkyl halides is 2. The lowest BCUT2D eigenvalue weighted by Gasteiger charge is -2.59. The molecule has 2 amide bonds. The molecule has 1 aromatic carbocycles. The molecule has 2 aliphatic heterocycles. The summed E-state index contributed by atoms with van der Waals surface area (Å²) in [6.45, 7) is 0.0195. The summed E-state index contributed by atoms with van der Waals surface area (Å²) in [5, 5.41) is 4.67. The summed E-state index contributed by atoms with van der Waals surface area (Å²) >= 11 is 0. The molecule has 0 N–H and O–H groups in total. The molecule has 2 unspecified atom stereocenters. The van der Waals surface area contributed by atoms with E-state index in [1.54, 1.807) is 0 Å². The molecule has 5 aliphatic rings. The minimum absolute atomic E-state index is 0.0406. The monoisotopic (exact) mass is 517 g/mol. The first-order chi connectivity index (χ1) is 17.8. The average Bonchev–Trinajstić information content (AvgIpc) is 3.21.